The summed E-state index contributed by atoms with van der Waals surface area (Å²) in [7, 11) is -3.62. The van der Waals surface area contributed by atoms with Crippen LogP contribution in [-0.4, -0.2) is 53.7 Å². The maximum Gasteiger partial charge on any atom is 0.326 e. The number of nitrogens with zero attached hydrogens (tertiary/aromatic N) is 2. The van der Waals surface area contributed by atoms with Crippen molar-refractivity contribution in [2.45, 2.75) is 61.8 Å². The second-order valence-corrected chi connectivity index (χ2v) is 14.3. The van der Waals surface area contributed by atoms with Crippen molar-refractivity contribution in [1.82, 2.24) is 19.2 Å². The SMILES string of the molecule is O=c1[nH]c2ccccc2n1C1CCN(C[C@@H]2C[C@H](c3ccc(CO)cc3)OC(c3ccc(CNS(=O)(=O)c4ccccc4)cc3)O2)CC1. The first-order chi connectivity index (χ1) is 23.4. The van der Waals surface area contributed by atoms with Crippen LogP contribution >= 0.6 is 0 Å². The Bertz CT molecular complexity index is 1990. The van der Waals surface area contributed by atoms with Gasteiger partial charge in [0.2, 0.25) is 10.0 Å². The van der Waals surface area contributed by atoms with E-state index in [1.54, 1.807) is 30.3 Å². The predicted octanol–water partition coefficient (Wildman–Crippen LogP) is 5.18. The number of aliphatic hydroxyl groups is 1. The lowest BCUT2D eigenvalue weighted by Crippen LogP contribution is -2.43. The Morgan fingerprint density at radius 1 is 0.812 bits per heavy atom. The highest BCUT2D eigenvalue weighted by atomic mass is 32.2. The molecule has 3 atom stereocenters. The van der Waals surface area contributed by atoms with E-state index in [0.29, 0.717) is 6.42 Å². The highest BCUT2D eigenvalue weighted by Gasteiger charge is 2.34. The van der Waals surface area contributed by atoms with Crippen molar-refractivity contribution < 1.29 is 23.0 Å². The summed E-state index contributed by atoms with van der Waals surface area (Å²) in [4.78, 5) is 18.4. The minimum absolute atomic E-state index is 0.0192. The van der Waals surface area contributed by atoms with Crippen LogP contribution in [0.3, 0.4) is 0 Å². The van der Waals surface area contributed by atoms with Gasteiger partial charge >= 0.3 is 5.69 Å². The molecule has 2 aliphatic rings. The third-order valence-electron chi connectivity index (χ3n) is 9.39. The number of piperidine rings is 1. The fourth-order valence-electron chi connectivity index (χ4n) is 6.77. The zero-order chi connectivity index (χ0) is 33.1. The molecule has 2 saturated heterocycles. The number of imidazole rings is 1. The monoisotopic (exact) mass is 668 g/mol. The molecule has 10 nitrogen and oxygen atoms in total. The first kappa shape index (κ1) is 32.4. The average molecular weight is 669 g/mol. The van der Waals surface area contributed by atoms with E-state index in [2.05, 4.69) is 14.6 Å². The Morgan fingerprint density at radius 2 is 1.48 bits per heavy atom. The zero-order valence-corrected chi connectivity index (χ0v) is 27.4. The lowest BCUT2D eigenvalue weighted by atomic mass is 9.98. The predicted molar refractivity (Wildman–Crippen MR) is 183 cm³/mol. The number of hydrogen-bond acceptors (Lipinski definition) is 7. The molecule has 1 unspecified atom stereocenters. The minimum Gasteiger partial charge on any atom is -0.392 e. The summed E-state index contributed by atoms with van der Waals surface area (Å²) in [5, 5.41) is 9.55. The number of H-pyrrole nitrogens is 1. The van der Waals surface area contributed by atoms with Crippen LogP contribution in [0.1, 0.15) is 60.0 Å². The Labute approximate surface area is 280 Å². The molecule has 7 rings (SSSR count). The van der Waals surface area contributed by atoms with Gasteiger partial charge in [-0.05, 0) is 53.8 Å². The number of sulfonamides is 1. The highest BCUT2D eigenvalue weighted by molar-refractivity contribution is 7.89. The summed E-state index contributed by atoms with van der Waals surface area (Å²) < 4.78 is 43.1. The summed E-state index contributed by atoms with van der Waals surface area (Å²) in [5.74, 6) is 0. The standard InChI is InChI=1S/C37H40N4O6S/c42-25-27-12-14-28(15-13-27)35-22-31(24-40-20-18-30(19-21-40)41-34-9-5-4-8-33(34)39-37(41)43)46-36(47-35)29-16-10-26(11-17-29)23-38-48(44,45)32-6-2-1-3-7-32/h1-17,30-31,35-36,38,42H,18-25H2,(H,39,43)/t31-,35+,36?/m0/s1. The van der Waals surface area contributed by atoms with E-state index in [-0.39, 0.29) is 42.0 Å². The molecule has 1 aromatic heterocycles. The van der Waals surface area contributed by atoms with Crippen molar-refractivity contribution in [3.05, 3.63) is 136 Å². The Hall–Kier alpha value is -4.10. The maximum atomic E-state index is 12.8. The third kappa shape index (κ3) is 7.17. The van der Waals surface area contributed by atoms with Gasteiger partial charge in [0.25, 0.3) is 0 Å². The summed E-state index contributed by atoms with van der Waals surface area (Å²) >= 11 is 0. The molecule has 2 fully saturated rings. The summed E-state index contributed by atoms with van der Waals surface area (Å²) in [6.07, 6.45) is 1.50. The topological polar surface area (TPSA) is 126 Å². The third-order valence-corrected chi connectivity index (χ3v) is 10.8. The van der Waals surface area contributed by atoms with E-state index >= 15 is 0 Å². The molecule has 11 heteroatoms. The quantitative estimate of drug-likeness (QED) is 0.187. The zero-order valence-electron chi connectivity index (χ0n) is 26.6. The molecule has 0 radical (unpaired) electrons. The van der Waals surface area contributed by atoms with Crippen molar-refractivity contribution >= 4 is 21.1 Å². The van der Waals surface area contributed by atoms with Gasteiger partial charge in [-0.25, -0.2) is 17.9 Å². The van der Waals surface area contributed by atoms with Crippen LogP contribution in [0.2, 0.25) is 0 Å². The summed E-state index contributed by atoms with van der Waals surface area (Å²) in [6.45, 7) is 2.58. The van der Waals surface area contributed by atoms with Crippen LogP contribution in [0, 0.1) is 0 Å². The summed E-state index contributed by atoms with van der Waals surface area (Å²) in [6, 6.07) is 31.8. The molecule has 0 spiro atoms. The highest BCUT2D eigenvalue weighted by Crippen LogP contribution is 2.38. The second-order valence-electron chi connectivity index (χ2n) is 12.6. The molecule has 2 aliphatic heterocycles. The molecule has 0 amide bonds. The van der Waals surface area contributed by atoms with Gasteiger partial charge in [0.05, 0.1) is 34.7 Å². The number of benzene rings is 4. The van der Waals surface area contributed by atoms with Crippen LogP contribution < -0.4 is 10.4 Å². The van der Waals surface area contributed by atoms with E-state index in [9.17, 15) is 18.3 Å². The lowest BCUT2D eigenvalue weighted by molar-refractivity contribution is -0.253. The molecule has 0 bridgehead atoms. The van der Waals surface area contributed by atoms with Gasteiger partial charge in [0.15, 0.2) is 6.29 Å². The molecule has 4 aromatic carbocycles. The van der Waals surface area contributed by atoms with E-state index in [1.165, 1.54) is 0 Å². The number of ether oxygens (including phenoxy) is 2. The number of aromatic amines is 1. The molecular weight excluding hydrogens is 628 g/mol. The lowest BCUT2D eigenvalue weighted by Gasteiger charge is -2.40. The van der Waals surface area contributed by atoms with Crippen molar-refractivity contribution in [2.75, 3.05) is 19.6 Å². The first-order valence-corrected chi connectivity index (χ1v) is 17.9. The van der Waals surface area contributed by atoms with E-state index in [4.69, 9.17) is 9.47 Å². The van der Waals surface area contributed by atoms with Crippen LogP contribution in [0.25, 0.3) is 11.0 Å². The fraction of sp³-hybridized carbons (Fsp3) is 0.324. The van der Waals surface area contributed by atoms with Crippen LogP contribution in [0.4, 0.5) is 0 Å². The smallest absolute Gasteiger partial charge is 0.326 e. The van der Waals surface area contributed by atoms with E-state index in [0.717, 1.165) is 65.8 Å². The maximum absolute atomic E-state index is 12.8. The molecule has 5 aromatic rings. The number of likely N-dealkylation sites (tertiary alicyclic amines) is 1. The normalized spacial score (nSPS) is 21.1. The second kappa shape index (κ2) is 14.2. The number of rotatable bonds is 10. The minimum atomic E-state index is -3.62. The molecule has 0 saturated carbocycles. The van der Waals surface area contributed by atoms with Crippen molar-refractivity contribution in [3.63, 3.8) is 0 Å². The average Bonchev–Trinajstić information content (AvgIpc) is 3.47. The Balaban J connectivity index is 1.03. The van der Waals surface area contributed by atoms with Crippen molar-refractivity contribution in [3.8, 4) is 0 Å². The molecule has 3 heterocycles. The Morgan fingerprint density at radius 3 is 2.21 bits per heavy atom. The molecule has 0 aliphatic carbocycles. The number of nitrogens with one attached hydrogen (secondary N) is 2. The number of para-hydroxylation sites is 2. The largest absolute Gasteiger partial charge is 0.392 e. The molecular formula is C37H40N4O6S. The van der Waals surface area contributed by atoms with Crippen LogP contribution in [-0.2, 0) is 32.6 Å². The van der Waals surface area contributed by atoms with Gasteiger partial charge in [-0.1, -0.05) is 78.9 Å². The molecule has 250 valence electrons. The van der Waals surface area contributed by atoms with Gasteiger partial charge in [-0.3, -0.25) is 4.57 Å². The van der Waals surface area contributed by atoms with E-state index < -0.39 is 16.3 Å². The Kier molecular flexibility index (Phi) is 9.58. The van der Waals surface area contributed by atoms with E-state index in [1.807, 2.05) is 77.4 Å². The first-order valence-electron chi connectivity index (χ1n) is 16.4. The fourth-order valence-corrected chi connectivity index (χ4v) is 7.81. The van der Waals surface area contributed by atoms with Gasteiger partial charge in [0.1, 0.15) is 0 Å². The molecule has 3 N–H and O–H groups in total. The molecule has 48 heavy (non-hydrogen) atoms. The number of hydrogen-bond donors (Lipinski definition) is 3. The number of aromatic nitrogens is 2. The van der Waals surface area contributed by atoms with Gasteiger partial charge in [-0.2, -0.15) is 0 Å². The van der Waals surface area contributed by atoms with Gasteiger partial charge < -0.3 is 24.5 Å². The number of aliphatic hydroxyl groups excluding tert-OH is 1. The van der Waals surface area contributed by atoms with Crippen molar-refractivity contribution in [1.29, 1.82) is 0 Å². The summed E-state index contributed by atoms with van der Waals surface area (Å²) in [5.41, 5.74) is 5.30. The van der Waals surface area contributed by atoms with Crippen LogP contribution in [0.5, 0.6) is 0 Å². The van der Waals surface area contributed by atoms with Gasteiger partial charge in [-0.15, -0.1) is 0 Å². The van der Waals surface area contributed by atoms with Crippen molar-refractivity contribution in [2.24, 2.45) is 0 Å². The number of fused-ring (bicyclic) bond motifs is 1. The van der Waals surface area contributed by atoms with Gasteiger partial charge in [0, 0.05) is 44.2 Å². The van der Waals surface area contributed by atoms with Crippen LogP contribution in [0.15, 0.2) is 113 Å².